The quantitative estimate of drug-likeness (QED) is 0.695. The number of benzene rings is 1. The van der Waals surface area contributed by atoms with Gasteiger partial charge in [-0.1, -0.05) is 6.92 Å². The third-order valence-corrected chi connectivity index (χ3v) is 4.59. The van der Waals surface area contributed by atoms with E-state index < -0.39 is 0 Å². The van der Waals surface area contributed by atoms with Crippen molar-refractivity contribution in [3.05, 3.63) is 47.6 Å². The maximum atomic E-state index is 5.46. The number of ether oxygens (including phenoxy) is 2. The highest BCUT2D eigenvalue weighted by Crippen LogP contribution is 2.36. The van der Waals surface area contributed by atoms with Crippen molar-refractivity contribution in [2.24, 2.45) is 0 Å². The molecule has 1 aromatic carbocycles. The number of hydrogen-bond donors (Lipinski definition) is 0. The molecule has 0 saturated carbocycles. The molecule has 0 unspecified atom stereocenters. The highest BCUT2D eigenvalue weighted by Gasteiger charge is 2.14. The van der Waals surface area contributed by atoms with Crippen molar-refractivity contribution in [1.82, 2.24) is 9.97 Å². The zero-order chi connectivity index (χ0) is 16.2. The van der Waals surface area contributed by atoms with Crippen molar-refractivity contribution in [3.63, 3.8) is 0 Å². The Morgan fingerprint density at radius 1 is 1.09 bits per heavy atom. The summed E-state index contributed by atoms with van der Waals surface area (Å²) in [7, 11) is 3.32. The number of rotatable bonds is 5. The summed E-state index contributed by atoms with van der Waals surface area (Å²) in [4.78, 5) is 9.02. The van der Waals surface area contributed by atoms with E-state index in [1.54, 1.807) is 25.6 Å². The van der Waals surface area contributed by atoms with E-state index in [1.807, 2.05) is 42.0 Å². The van der Waals surface area contributed by atoms with Gasteiger partial charge in [0.25, 0.3) is 0 Å². The minimum atomic E-state index is 0.782. The van der Waals surface area contributed by atoms with Crippen LogP contribution in [-0.2, 0) is 6.42 Å². The molecule has 0 radical (unpaired) electrons. The van der Waals surface area contributed by atoms with Gasteiger partial charge in [0.05, 0.1) is 19.9 Å². The Bertz CT molecular complexity index is 814. The van der Waals surface area contributed by atoms with Gasteiger partial charge in [0.1, 0.15) is 16.5 Å². The third-order valence-electron chi connectivity index (χ3n) is 3.71. The Kier molecular flexibility index (Phi) is 4.57. The number of methoxy groups -OCH3 is 2. The summed E-state index contributed by atoms with van der Waals surface area (Å²) in [6.07, 6.45) is 4.65. The van der Waals surface area contributed by atoms with Crippen molar-refractivity contribution in [2.45, 2.75) is 13.3 Å². The van der Waals surface area contributed by atoms with Gasteiger partial charge in [-0.15, -0.1) is 11.3 Å². The van der Waals surface area contributed by atoms with E-state index in [9.17, 15) is 0 Å². The van der Waals surface area contributed by atoms with Crippen LogP contribution < -0.4 is 9.47 Å². The first-order valence-corrected chi connectivity index (χ1v) is 8.26. The molecule has 23 heavy (non-hydrogen) atoms. The number of pyridine rings is 1. The fourth-order valence-electron chi connectivity index (χ4n) is 2.46. The second-order valence-electron chi connectivity index (χ2n) is 4.99. The molecule has 3 rings (SSSR count). The van der Waals surface area contributed by atoms with Crippen molar-refractivity contribution in [2.75, 3.05) is 14.2 Å². The lowest BCUT2D eigenvalue weighted by Crippen LogP contribution is -1.91. The largest absolute Gasteiger partial charge is 0.497 e. The molecule has 0 aliphatic carbocycles. The molecule has 0 amide bonds. The summed E-state index contributed by atoms with van der Waals surface area (Å²) < 4.78 is 10.8. The van der Waals surface area contributed by atoms with Crippen LogP contribution >= 0.6 is 11.3 Å². The number of aryl methyl sites for hydroxylation is 1. The lowest BCUT2D eigenvalue weighted by Gasteiger charge is -2.08. The molecule has 118 valence electrons. The summed E-state index contributed by atoms with van der Waals surface area (Å²) in [5.74, 6) is 1.57. The minimum absolute atomic E-state index is 0.782. The van der Waals surface area contributed by atoms with Crippen LogP contribution in [0.3, 0.4) is 0 Å². The van der Waals surface area contributed by atoms with Gasteiger partial charge in [0.2, 0.25) is 0 Å². The number of nitrogens with zero attached hydrogens (tertiary/aromatic N) is 2. The average Bonchev–Trinajstić information content (AvgIpc) is 3.10. The summed E-state index contributed by atoms with van der Waals surface area (Å²) in [5, 5.41) is 3.01. The molecule has 0 saturated heterocycles. The average molecular weight is 326 g/mol. The molecule has 0 aliphatic rings. The van der Waals surface area contributed by atoms with Crippen LogP contribution in [0, 0.1) is 0 Å². The number of aromatic nitrogens is 2. The Morgan fingerprint density at radius 3 is 2.70 bits per heavy atom. The lowest BCUT2D eigenvalue weighted by molar-refractivity contribution is 0.404. The summed E-state index contributed by atoms with van der Waals surface area (Å²) in [6, 6.07) is 7.77. The molecule has 4 nitrogen and oxygen atoms in total. The van der Waals surface area contributed by atoms with Crippen LogP contribution in [0.15, 0.2) is 42.0 Å². The first-order valence-electron chi connectivity index (χ1n) is 7.38. The van der Waals surface area contributed by atoms with E-state index >= 15 is 0 Å². The molecule has 3 aromatic rings. The van der Waals surface area contributed by atoms with Crippen molar-refractivity contribution in [3.8, 4) is 33.3 Å². The minimum Gasteiger partial charge on any atom is -0.497 e. The molecule has 5 heteroatoms. The molecule has 0 atom stereocenters. The smallest absolute Gasteiger partial charge is 0.128 e. The zero-order valence-corrected chi connectivity index (χ0v) is 14.2. The van der Waals surface area contributed by atoms with Gasteiger partial charge in [0, 0.05) is 28.9 Å². The summed E-state index contributed by atoms with van der Waals surface area (Å²) in [5.41, 5.74) is 4.15. The van der Waals surface area contributed by atoms with E-state index in [4.69, 9.17) is 14.5 Å². The SMILES string of the molecule is CCc1ccncc1-c1nc(-c2cc(OC)ccc2OC)cs1. The molecule has 0 bridgehead atoms. The van der Waals surface area contributed by atoms with Crippen LogP contribution in [-0.4, -0.2) is 24.2 Å². The zero-order valence-electron chi connectivity index (χ0n) is 13.4. The predicted octanol–water partition coefficient (Wildman–Crippen LogP) is 4.45. The van der Waals surface area contributed by atoms with Gasteiger partial charge in [-0.2, -0.15) is 0 Å². The Morgan fingerprint density at radius 2 is 1.96 bits per heavy atom. The van der Waals surface area contributed by atoms with Crippen LogP contribution in [0.25, 0.3) is 21.8 Å². The standard InChI is InChI=1S/C18H18N2O2S/c1-4-12-7-8-19-10-15(12)18-20-16(11-23-18)14-9-13(21-2)5-6-17(14)22-3/h5-11H,4H2,1-3H3. The highest BCUT2D eigenvalue weighted by atomic mass is 32.1. The monoisotopic (exact) mass is 326 g/mol. The van der Waals surface area contributed by atoms with Gasteiger partial charge in [-0.3, -0.25) is 4.98 Å². The Hall–Kier alpha value is -2.40. The van der Waals surface area contributed by atoms with Crippen LogP contribution in [0.1, 0.15) is 12.5 Å². The highest BCUT2D eigenvalue weighted by molar-refractivity contribution is 7.13. The van der Waals surface area contributed by atoms with Gasteiger partial charge >= 0.3 is 0 Å². The van der Waals surface area contributed by atoms with Crippen LogP contribution in [0.2, 0.25) is 0 Å². The van der Waals surface area contributed by atoms with E-state index in [1.165, 1.54) is 5.56 Å². The van der Waals surface area contributed by atoms with E-state index in [-0.39, 0.29) is 0 Å². The van der Waals surface area contributed by atoms with Gasteiger partial charge in [-0.25, -0.2) is 4.98 Å². The molecule has 2 aromatic heterocycles. The predicted molar refractivity (Wildman–Crippen MR) is 93.3 cm³/mol. The maximum absolute atomic E-state index is 5.46. The normalized spacial score (nSPS) is 10.6. The van der Waals surface area contributed by atoms with Gasteiger partial charge in [0.15, 0.2) is 0 Å². The van der Waals surface area contributed by atoms with Gasteiger partial charge < -0.3 is 9.47 Å². The topological polar surface area (TPSA) is 44.2 Å². The van der Waals surface area contributed by atoms with Crippen molar-refractivity contribution in [1.29, 1.82) is 0 Å². The fraction of sp³-hybridized carbons (Fsp3) is 0.222. The molecular weight excluding hydrogens is 308 g/mol. The second kappa shape index (κ2) is 6.79. The number of hydrogen-bond acceptors (Lipinski definition) is 5. The van der Waals surface area contributed by atoms with E-state index in [2.05, 4.69) is 11.9 Å². The van der Waals surface area contributed by atoms with Crippen molar-refractivity contribution >= 4 is 11.3 Å². The molecule has 0 spiro atoms. The van der Waals surface area contributed by atoms with Crippen LogP contribution in [0.4, 0.5) is 0 Å². The maximum Gasteiger partial charge on any atom is 0.128 e. The lowest BCUT2D eigenvalue weighted by atomic mass is 10.1. The second-order valence-corrected chi connectivity index (χ2v) is 5.85. The number of thiazole rings is 1. The molecular formula is C18H18N2O2S. The third kappa shape index (κ3) is 3.05. The van der Waals surface area contributed by atoms with Crippen LogP contribution in [0.5, 0.6) is 11.5 Å². The summed E-state index contributed by atoms with van der Waals surface area (Å²) >= 11 is 1.61. The first-order chi connectivity index (χ1) is 11.3. The molecule has 0 aliphatic heterocycles. The summed E-state index contributed by atoms with van der Waals surface area (Å²) in [6.45, 7) is 2.14. The van der Waals surface area contributed by atoms with E-state index in [0.717, 1.165) is 39.7 Å². The van der Waals surface area contributed by atoms with Gasteiger partial charge in [-0.05, 0) is 36.2 Å². The Labute approximate surface area is 139 Å². The van der Waals surface area contributed by atoms with E-state index in [0.29, 0.717) is 0 Å². The first kappa shape index (κ1) is 15.5. The fourth-order valence-corrected chi connectivity index (χ4v) is 3.32. The molecule has 0 fully saturated rings. The molecule has 2 heterocycles. The van der Waals surface area contributed by atoms with Crippen molar-refractivity contribution < 1.29 is 9.47 Å². The Balaban J connectivity index is 2.06. The molecule has 0 N–H and O–H groups in total.